The Morgan fingerprint density at radius 2 is 1.88 bits per heavy atom. The first-order valence-electron chi connectivity index (χ1n) is 4.37. The first-order valence-corrected chi connectivity index (χ1v) is 4.37. The standard InChI is InChI=1S/C12H8N2O.Y/c1-7-3-10-11(4-8(7)2)14-6-9(5-13)12(10)15;/h3-4,6H,1-2H2,(H,14,15);/q-2;. The Bertz CT molecular complexity index is 638. The molecule has 2 aromatic rings. The summed E-state index contributed by atoms with van der Waals surface area (Å²) in [5.41, 5.74) is 1.98. The van der Waals surface area contributed by atoms with Gasteiger partial charge in [-0.25, -0.2) is 6.07 Å². The maximum absolute atomic E-state index is 11.7. The van der Waals surface area contributed by atoms with Gasteiger partial charge in [0.05, 0.1) is 0 Å². The van der Waals surface area contributed by atoms with E-state index in [0.717, 1.165) is 5.56 Å². The average molecular weight is 285 g/mol. The van der Waals surface area contributed by atoms with Crippen molar-refractivity contribution in [3.63, 3.8) is 0 Å². The van der Waals surface area contributed by atoms with Gasteiger partial charge in [-0.05, 0) is 10.9 Å². The third kappa shape index (κ3) is 1.99. The van der Waals surface area contributed by atoms with Crippen molar-refractivity contribution in [2.24, 2.45) is 0 Å². The molecule has 77 valence electrons. The van der Waals surface area contributed by atoms with Gasteiger partial charge in [0.15, 0.2) is 5.43 Å². The summed E-state index contributed by atoms with van der Waals surface area (Å²) < 4.78 is 0. The van der Waals surface area contributed by atoms with Crippen LogP contribution < -0.4 is 5.43 Å². The number of H-pyrrole nitrogens is 1. The van der Waals surface area contributed by atoms with E-state index in [9.17, 15) is 4.79 Å². The maximum Gasteiger partial charge on any atom is 0.192 e. The summed E-state index contributed by atoms with van der Waals surface area (Å²) in [6.07, 6.45) is 1.41. The molecule has 0 aliphatic rings. The number of fused-ring (bicyclic) bond motifs is 1. The summed E-state index contributed by atoms with van der Waals surface area (Å²) in [6, 6.07) is 5.24. The van der Waals surface area contributed by atoms with Crippen LogP contribution in [-0.2, 0) is 32.7 Å². The molecule has 1 heterocycles. The van der Waals surface area contributed by atoms with E-state index in [-0.39, 0.29) is 43.7 Å². The molecule has 0 fully saturated rings. The Kier molecular flexibility index (Phi) is 3.80. The largest absolute Gasteiger partial charge is 0.372 e. The Morgan fingerprint density at radius 3 is 2.50 bits per heavy atom. The van der Waals surface area contributed by atoms with Gasteiger partial charge in [0.2, 0.25) is 0 Å². The number of pyridine rings is 1. The van der Waals surface area contributed by atoms with Crippen LogP contribution in [0, 0.1) is 25.2 Å². The van der Waals surface area contributed by atoms with Gasteiger partial charge >= 0.3 is 0 Å². The third-order valence-corrected chi connectivity index (χ3v) is 2.32. The van der Waals surface area contributed by atoms with Gasteiger partial charge in [0, 0.05) is 38.9 Å². The summed E-state index contributed by atoms with van der Waals surface area (Å²) in [4.78, 5) is 14.6. The van der Waals surface area contributed by atoms with Crippen molar-refractivity contribution in [2.75, 3.05) is 0 Å². The van der Waals surface area contributed by atoms with Crippen molar-refractivity contribution >= 4 is 10.9 Å². The van der Waals surface area contributed by atoms with E-state index in [1.54, 1.807) is 12.1 Å². The Balaban J connectivity index is 0.00000128. The minimum atomic E-state index is -0.267. The van der Waals surface area contributed by atoms with Crippen LogP contribution in [0.1, 0.15) is 16.7 Å². The molecule has 0 spiro atoms. The molecule has 0 unspecified atom stereocenters. The van der Waals surface area contributed by atoms with E-state index in [0.29, 0.717) is 16.5 Å². The molecule has 0 bridgehead atoms. The fourth-order valence-corrected chi connectivity index (χ4v) is 1.44. The minimum Gasteiger partial charge on any atom is -0.372 e. The van der Waals surface area contributed by atoms with E-state index in [1.165, 1.54) is 6.20 Å². The first kappa shape index (κ1) is 12.8. The van der Waals surface area contributed by atoms with Crippen molar-refractivity contribution in [1.29, 1.82) is 5.26 Å². The molecule has 1 aromatic carbocycles. The number of benzene rings is 1. The normalized spacial score (nSPS) is 9.44. The van der Waals surface area contributed by atoms with Gasteiger partial charge in [0.25, 0.3) is 0 Å². The fourth-order valence-electron chi connectivity index (χ4n) is 1.44. The molecular formula is C12H8N2OY-2. The summed E-state index contributed by atoms with van der Waals surface area (Å²) >= 11 is 0. The number of nitriles is 1. The SMILES string of the molecule is [CH2-]c1cc2[nH]cc(C#N)c(=O)c2cc1[CH2-].[Y]. The molecule has 0 aliphatic carbocycles. The number of aromatic amines is 1. The molecule has 1 N–H and O–H groups in total. The van der Waals surface area contributed by atoms with Crippen LogP contribution >= 0.6 is 0 Å². The van der Waals surface area contributed by atoms with Gasteiger partial charge in [-0.2, -0.15) is 11.3 Å². The summed E-state index contributed by atoms with van der Waals surface area (Å²) in [7, 11) is 0. The molecule has 0 aliphatic heterocycles. The molecule has 0 atom stereocenters. The Labute approximate surface area is 118 Å². The van der Waals surface area contributed by atoms with Gasteiger partial charge in [-0.15, -0.1) is 0 Å². The second-order valence-corrected chi connectivity index (χ2v) is 3.31. The van der Waals surface area contributed by atoms with Gasteiger partial charge in [-0.3, -0.25) is 29.8 Å². The molecule has 4 heteroatoms. The van der Waals surface area contributed by atoms with Gasteiger partial charge in [0.1, 0.15) is 11.6 Å². The van der Waals surface area contributed by atoms with Crippen LogP contribution in [0.25, 0.3) is 10.9 Å². The van der Waals surface area contributed by atoms with Crippen molar-refractivity contribution in [1.82, 2.24) is 4.98 Å². The molecule has 16 heavy (non-hydrogen) atoms. The van der Waals surface area contributed by atoms with Crippen molar-refractivity contribution in [3.05, 3.63) is 59.1 Å². The predicted molar refractivity (Wildman–Crippen MR) is 58.2 cm³/mol. The average Bonchev–Trinajstić information content (AvgIpc) is 2.22. The van der Waals surface area contributed by atoms with Crippen molar-refractivity contribution < 1.29 is 32.7 Å². The predicted octanol–water partition coefficient (Wildman–Crippen LogP) is 1.76. The molecular weight excluding hydrogens is 277 g/mol. The zero-order chi connectivity index (χ0) is 11.0. The molecule has 0 amide bonds. The van der Waals surface area contributed by atoms with Crippen molar-refractivity contribution in [2.45, 2.75) is 0 Å². The Morgan fingerprint density at radius 1 is 1.25 bits per heavy atom. The number of nitrogens with zero attached hydrogens (tertiary/aromatic N) is 1. The smallest absolute Gasteiger partial charge is 0.192 e. The second kappa shape index (κ2) is 4.73. The molecule has 0 saturated heterocycles. The molecule has 2 rings (SSSR count). The number of aromatic nitrogens is 1. The van der Waals surface area contributed by atoms with Crippen LogP contribution in [0.3, 0.4) is 0 Å². The number of nitrogens with one attached hydrogen (secondary N) is 1. The van der Waals surface area contributed by atoms with E-state index >= 15 is 0 Å². The van der Waals surface area contributed by atoms with Crippen LogP contribution in [-0.4, -0.2) is 4.98 Å². The van der Waals surface area contributed by atoms with Crippen LogP contribution in [0.4, 0.5) is 0 Å². The minimum absolute atomic E-state index is 0. The fraction of sp³-hybridized carbons (Fsp3) is 0. The zero-order valence-corrected chi connectivity index (χ0v) is 11.4. The second-order valence-electron chi connectivity index (χ2n) is 3.31. The quantitative estimate of drug-likeness (QED) is 0.750. The molecule has 1 radical (unpaired) electrons. The molecule has 1 aromatic heterocycles. The first-order chi connectivity index (χ1) is 7.13. The van der Waals surface area contributed by atoms with Crippen LogP contribution in [0.2, 0.25) is 0 Å². The van der Waals surface area contributed by atoms with Gasteiger partial charge in [-0.1, -0.05) is 0 Å². The summed E-state index contributed by atoms with van der Waals surface area (Å²) in [5.74, 6) is 0. The third-order valence-electron chi connectivity index (χ3n) is 2.32. The Hall–Kier alpha value is -1.24. The maximum atomic E-state index is 11.7. The molecule has 3 nitrogen and oxygen atoms in total. The molecule has 0 saturated carbocycles. The van der Waals surface area contributed by atoms with E-state index in [1.807, 2.05) is 6.07 Å². The van der Waals surface area contributed by atoms with Crippen LogP contribution in [0.15, 0.2) is 23.1 Å². The van der Waals surface area contributed by atoms with E-state index in [2.05, 4.69) is 18.8 Å². The van der Waals surface area contributed by atoms with Crippen LogP contribution in [0.5, 0.6) is 0 Å². The van der Waals surface area contributed by atoms with E-state index < -0.39 is 0 Å². The topological polar surface area (TPSA) is 56.6 Å². The number of hydrogen-bond acceptors (Lipinski definition) is 2. The summed E-state index contributed by atoms with van der Waals surface area (Å²) in [5, 5.41) is 9.18. The number of rotatable bonds is 0. The summed E-state index contributed by atoms with van der Waals surface area (Å²) in [6.45, 7) is 7.56. The zero-order valence-electron chi connectivity index (χ0n) is 8.58. The number of hydrogen-bond donors (Lipinski definition) is 1. The van der Waals surface area contributed by atoms with E-state index in [4.69, 9.17) is 5.26 Å². The van der Waals surface area contributed by atoms with Crippen molar-refractivity contribution in [3.8, 4) is 6.07 Å². The monoisotopic (exact) mass is 285 g/mol. The van der Waals surface area contributed by atoms with Gasteiger partial charge < -0.3 is 4.98 Å².